The van der Waals surface area contributed by atoms with E-state index in [0.29, 0.717) is 0 Å². The zero-order chi connectivity index (χ0) is 10.2. The highest BCUT2D eigenvalue weighted by atomic mass is 14.9. The summed E-state index contributed by atoms with van der Waals surface area (Å²) in [5, 5.41) is 3.68. The van der Waals surface area contributed by atoms with Crippen molar-refractivity contribution in [3.05, 3.63) is 0 Å². The van der Waals surface area contributed by atoms with E-state index >= 15 is 0 Å². The Labute approximate surface area is 89.7 Å². The fourth-order valence-electron chi connectivity index (χ4n) is 2.51. The van der Waals surface area contributed by atoms with Crippen LogP contribution in [-0.2, 0) is 0 Å². The van der Waals surface area contributed by atoms with E-state index in [1.165, 1.54) is 57.9 Å². The Morgan fingerprint density at radius 2 is 1.86 bits per heavy atom. The van der Waals surface area contributed by atoms with E-state index in [0.717, 1.165) is 12.0 Å². The van der Waals surface area contributed by atoms with Gasteiger partial charge >= 0.3 is 0 Å². The summed E-state index contributed by atoms with van der Waals surface area (Å²) in [6.07, 6.45) is 11.4. The van der Waals surface area contributed by atoms with Crippen LogP contribution in [0.25, 0.3) is 0 Å². The van der Waals surface area contributed by atoms with Crippen molar-refractivity contribution in [2.45, 2.75) is 71.3 Å². The molecule has 0 heterocycles. The van der Waals surface area contributed by atoms with Gasteiger partial charge in [-0.2, -0.15) is 0 Å². The monoisotopic (exact) mass is 197 g/mol. The van der Waals surface area contributed by atoms with E-state index in [2.05, 4.69) is 19.2 Å². The van der Waals surface area contributed by atoms with Crippen LogP contribution in [0.1, 0.15) is 65.2 Å². The highest BCUT2D eigenvalue weighted by Gasteiger charge is 2.20. The zero-order valence-electron chi connectivity index (χ0n) is 10.0. The van der Waals surface area contributed by atoms with Crippen LogP contribution < -0.4 is 5.32 Å². The Kier molecular flexibility index (Phi) is 6.25. The topological polar surface area (TPSA) is 12.0 Å². The lowest BCUT2D eigenvalue weighted by atomic mass is 10.00. The van der Waals surface area contributed by atoms with Gasteiger partial charge in [0, 0.05) is 6.04 Å². The minimum atomic E-state index is 0.763. The molecule has 1 aliphatic carbocycles. The highest BCUT2D eigenvalue weighted by Crippen LogP contribution is 2.27. The largest absolute Gasteiger partial charge is 0.314 e. The van der Waals surface area contributed by atoms with E-state index in [9.17, 15) is 0 Å². The molecule has 0 bridgehead atoms. The van der Waals surface area contributed by atoms with Crippen LogP contribution in [0.4, 0.5) is 0 Å². The number of unbranched alkanes of at least 4 members (excludes halogenated alkanes) is 3. The van der Waals surface area contributed by atoms with Crippen molar-refractivity contribution in [3.8, 4) is 0 Å². The summed E-state index contributed by atoms with van der Waals surface area (Å²) in [5.41, 5.74) is 0. The van der Waals surface area contributed by atoms with Crippen molar-refractivity contribution in [1.82, 2.24) is 5.32 Å². The van der Waals surface area contributed by atoms with Gasteiger partial charge < -0.3 is 5.32 Å². The molecule has 0 aromatic rings. The summed E-state index contributed by atoms with van der Waals surface area (Å²) in [6, 6.07) is 0.763. The lowest BCUT2D eigenvalue weighted by Gasteiger charge is -2.20. The third kappa shape index (κ3) is 4.45. The molecule has 0 radical (unpaired) electrons. The van der Waals surface area contributed by atoms with Crippen molar-refractivity contribution in [1.29, 1.82) is 0 Å². The van der Waals surface area contributed by atoms with Gasteiger partial charge in [0.2, 0.25) is 0 Å². The predicted molar refractivity (Wildman–Crippen MR) is 63.6 cm³/mol. The summed E-state index contributed by atoms with van der Waals surface area (Å²) < 4.78 is 0. The van der Waals surface area contributed by atoms with Crippen LogP contribution in [0.15, 0.2) is 0 Å². The molecule has 1 rings (SSSR count). The van der Waals surface area contributed by atoms with Crippen LogP contribution in [-0.4, -0.2) is 12.6 Å². The zero-order valence-corrected chi connectivity index (χ0v) is 10.0. The lowest BCUT2D eigenvalue weighted by molar-refractivity contribution is 0.378. The summed E-state index contributed by atoms with van der Waals surface area (Å²) in [4.78, 5) is 0. The van der Waals surface area contributed by atoms with Gasteiger partial charge in [0.25, 0.3) is 0 Å². The van der Waals surface area contributed by atoms with Gasteiger partial charge in [-0.25, -0.2) is 0 Å². The molecule has 0 aromatic carbocycles. The molecule has 84 valence electrons. The van der Waals surface area contributed by atoms with Crippen LogP contribution >= 0.6 is 0 Å². The number of rotatable bonds is 7. The number of nitrogens with one attached hydrogen (secondary N) is 1. The van der Waals surface area contributed by atoms with Gasteiger partial charge in [0.15, 0.2) is 0 Å². The van der Waals surface area contributed by atoms with Crippen molar-refractivity contribution >= 4 is 0 Å². The predicted octanol–water partition coefficient (Wildman–Crippen LogP) is 3.74. The average molecular weight is 197 g/mol. The first-order valence-corrected chi connectivity index (χ1v) is 6.58. The third-order valence-corrected chi connectivity index (χ3v) is 3.60. The fraction of sp³-hybridized carbons (Fsp3) is 1.00. The third-order valence-electron chi connectivity index (χ3n) is 3.60. The molecule has 1 fully saturated rings. The summed E-state index contributed by atoms with van der Waals surface area (Å²) in [6.45, 7) is 5.88. The molecule has 0 aliphatic heterocycles. The molecule has 1 heteroatoms. The summed E-state index contributed by atoms with van der Waals surface area (Å²) in [7, 11) is 0. The quantitative estimate of drug-likeness (QED) is 0.613. The van der Waals surface area contributed by atoms with Crippen LogP contribution in [0.5, 0.6) is 0 Å². The van der Waals surface area contributed by atoms with E-state index < -0.39 is 0 Å². The maximum Gasteiger partial charge on any atom is 0.00669 e. The fourth-order valence-corrected chi connectivity index (χ4v) is 2.51. The average Bonchev–Trinajstić information content (AvgIpc) is 2.70. The number of hydrogen-bond acceptors (Lipinski definition) is 1. The van der Waals surface area contributed by atoms with Crippen LogP contribution in [0, 0.1) is 5.92 Å². The van der Waals surface area contributed by atoms with Gasteiger partial charge in [0.1, 0.15) is 0 Å². The molecule has 0 spiro atoms. The molecule has 14 heavy (non-hydrogen) atoms. The molecule has 1 atom stereocenters. The van der Waals surface area contributed by atoms with Gasteiger partial charge in [-0.05, 0) is 38.6 Å². The second-order valence-electron chi connectivity index (χ2n) is 4.85. The second kappa shape index (κ2) is 7.28. The second-order valence-corrected chi connectivity index (χ2v) is 4.85. The molecular formula is C13H27N. The van der Waals surface area contributed by atoms with Crippen LogP contribution in [0.2, 0.25) is 0 Å². The Hall–Kier alpha value is -0.0400. The first-order chi connectivity index (χ1) is 6.84. The molecule has 1 nitrogen and oxygen atoms in total. The van der Waals surface area contributed by atoms with Crippen molar-refractivity contribution in [2.75, 3.05) is 6.54 Å². The van der Waals surface area contributed by atoms with E-state index in [1.807, 2.05) is 0 Å². The SMILES string of the molecule is CCCCCCN[C@H](C)C1CCCC1. The maximum atomic E-state index is 3.68. The molecule has 0 unspecified atom stereocenters. The van der Waals surface area contributed by atoms with E-state index in [4.69, 9.17) is 0 Å². The Morgan fingerprint density at radius 1 is 1.14 bits per heavy atom. The van der Waals surface area contributed by atoms with Crippen LogP contribution in [0.3, 0.4) is 0 Å². The molecule has 0 amide bonds. The van der Waals surface area contributed by atoms with Gasteiger partial charge in [-0.1, -0.05) is 39.0 Å². The molecular weight excluding hydrogens is 170 g/mol. The minimum Gasteiger partial charge on any atom is -0.314 e. The lowest BCUT2D eigenvalue weighted by Crippen LogP contribution is -2.32. The van der Waals surface area contributed by atoms with E-state index in [1.54, 1.807) is 0 Å². The smallest absolute Gasteiger partial charge is 0.00669 e. The van der Waals surface area contributed by atoms with Crippen molar-refractivity contribution in [3.63, 3.8) is 0 Å². The standard InChI is InChI=1S/C13H27N/c1-3-4-5-8-11-14-12(2)13-9-6-7-10-13/h12-14H,3-11H2,1-2H3/t12-/m1/s1. The molecule has 0 aromatic heterocycles. The van der Waals surface area contributed by atoms with E-state index in [-0.39, 0.29) is 0 Å². The number of hydrogen-bond donors (Lipinski definition) is 1. The molecule has 1 aliphatic rings. The molecule has 1 N–H and O–H groups in total. The summed E-state index contributed by atoms with van der Waals surface area (Å²) >= 11 is 0. The first-order valence-electron chi connectivity index (χ1n) is 6.58. The first kappa shape index (κ1) is 12.0. The highest BCUT2D eigenvalue weighted by molar-refractivity contribution is 4.76. The van der Waals surface area contributed by atoms with Gasteiger partial charge in [0.05, 0.1) is 0 Å². The minimum absolute atomic E-state index is 0.763. The van der Waals surface area contributed by atoms with Crippen molar-refractivity contribution < 1.29 is 0 Å². The molecule has 1 saturated carbocycles. The van der Waals surface area contributed by atoms with Gasteiger partial charge in [-0.15, -0.1) is 0 Å². The Morgan fingerprint density at radius 3 is 2.50 bits per heavy atom. The maximum absolute atomic E-state index is 3.68. The Bertz CT molecular complexity index is 127. The summed E-state index contributed by atoms with van der Waals surface area (Å²) in [5.74, 6) is 0.973. The Balaban J connectivity index is 1.94. The molecule has 0 saturated heterocycles. The van der Waals surface area contributed by atoms with Crippen molar-refractivity contribution in [2.24, 2.45) is 5.92 Å². The normalized spacial score (nSPS) is 20.1. The van der Waals surface area contributed by atoms with Gasteiger partial charge in [-0.3, -0.25) is 0 Å².